The van der Waals surface area contributed by atoms with E-state index >= 15 is 0 Å². The SMILES string of the molecule is CC(Cn1nccc1C(=O)O)OCc1ccccc1.Cc1nn(COCC[Si](C)(C)C)c(C)c1-c1ccc(CC(=O)[C@@H](N)C(C2CC2)C2CC2)cc1.Cc1nn(COCC[Si](C)(C)C)c(C)c1-c1ccc(CC(=O)[C@@H](NC(=O)c2ccnn2CC(C)OCc2ccccc2)C(C2CC2)C2CC2)cc1. The summed E-state index contributed by atoms with van der Waals surface area (Å²) in [7, 11) is -2.24. The molecule has 4 heterocycles. The first-order chi connectivity index (χ1) is 49.3. The number of nitrogens with zero attached hydrogens (tertiary/aromatic N) is 8. The molecule has 19 nitrogen and oxygen atoms in total. The lowest BCUT2D eigenvalue weighted by Gasteiger charge is -2.27. The van der Waals surface area contributed by atoms with Crippen LogP contribution in [0.5, 0.6) is 0 Å². The second kappa shape index (κ2) is 35.8. The number of ether oxygens (including phenoxy) is 4. The molecule has 8 aromatic rings. The van der Waals surface area contributed by atoms with Gasteiger partial charge in [0, 0.05) is 77.1 Å². The van der Waals surface area contributed by atoms with Crippen LogP contribution < -0.4 is 11.1 Å². The summed E-state index contributed by atoms with van der Waals surface area (Å²) in [5.41, 5.74) is 19.9. The maximum Gasteiger partial charge on any atom is 0.354 e. The molecule has 2 unspecified atom stereocenters. The zero-order chi connectivity index (χ0) is 73.5. The summed E-state index contributed by atoms with van der Waals surface area (Å²) in [4.78, 5) is 51.9. The second-order valence-electron chi connectivity index (χ2n) is 31.8. The molecule has 4 N–H and O–H groups in total. The van der Waals surface area contributed by atoms with E-state index in [1.807, 2.05) is 110 Å². The van der Waals surface area contributed by atoms with Crippen molar-refractivity contribution in [1.82, 2.24) is 44.4 Å². The van der Waals surface area contributed by atoms with Crippen molar-refractivity contribution in [1.29, 1.82) is 0 Å². The Morgan fingerprint density at radius 2 is 0.903 bits per heavy atom. The third kappa shape index (κ3) is 23.1. The summed E-state index contributed by atoms with van der Waals surface area (Å²) < 4.78 is 30.7. The average molecular weight is 1440 g/mol. The highest BCUT2D eigenvalue weighted by Crippen LogP contribution is 2.52. The first kappa shape index (κ1) is 77.8. The van der Waals surface area contributed by atoms with E-state index in [9.17, 15) is 19.2 Å². The van der Waals surface area contributed by atoms with Crippen LogP contribution in [0.1, 0.15) is 131 Å². The number of rotatable bonds is 37. The molecule has 4 fully saturated rings. The van der Waals surface area contributed by atoms with Gasteiger partial charge in [0.1, 0.15) is 24.8 Å². The fraction of sp³-hybridized carbons (Fsp3) is 0.512. The Balaban J connectivity index is 0.000000186. The van der Waals surface area contributed by atoms with Crippen molar-refractivity contribution in [3.63, 3.8) is 0 Å². The van der Waals surface area contributed by atoms with Crippen molar-refractivity contribution in [3.05, 3.63) is 190 Å². The maximum absolute atomic E-state index is 14.2. The third-order valence-electron chi connectivity index (χ3n) is 20.4. The number of carbonyl (C=O) groups excluding carboxylic acids is 3. The summed E-state index contributed by atoms with van der Waals surface area (Å²) in [5, 5.41) is 30.1. The number of aromatic carboxylic acids is 1. The van der Waals surface area contributed by atoms with Gasteiger partial charge in [-0.1, -0.05) is 148 Å². The summed E-state index contributed by atoms with van der Waals surface area (Å²) in [6.45, 7) is 30.6. The van der Waals surface area contributed by atoms with Crippen LogP contribution in [0.4, 0.5) is 0 Å². The topological polar surface area (TPSA) is 235 Å². The number of benzene rings is 4. The van der Waals surface area contributed by atoms with Crippen LogP contribution in [0.3, 0.4) is 0 Å². The number of amides is 1. The second-order valence-corrected chi connectivity index (χ2v) is 43.0. The van der Waals surface area contributed by atoms with Crippen LogP contribution in [0.15, 0.2) is 134 Å². The molecule has 21 heteroatoms. The Hall–Kier alpha value is -7.77. The number of carboxylic acids is 1. The number of carbonyl (C=O) groups is 4. The van der Waals surface area contributed by atoms with Crippen LogP contribution >= 0.6 is 0 Å². The lowest BCUT2D eigenvalue weighted by molar-refractivity contribution is -0.122. The molecular weight excluding hydrogens is 1330 g/mol. The number of aryl methyl sites for hydroxylation is 2. The van der Waals surface area contributed by atoms with Crippen molar-refractivity contribution >= 4 is 39.6 Å². The standard InChI is InChI=1S/C41H55N5O4Si.C27H41N3O2Si.C14H16N2O3/c1-28(50-26-32-10-8-7-9-11-32)25-45-36(20-21-42-45)41(48)43-40(39(34-16-17-34)35-18-19-35)37(47)24-31-12-14-33(15-13-31)38-29(2)44-46(30(38)3)27-49-22-23-51(4,5)6;1-18-25(19(2)30(29-18)17-32-14-15-33(3,4)5)21-8-6-20(7-9-21)16-24(31)27(28)26(22-10-11-22)23-12-13-23;1-11(19-10-12-5-3-2-4-6-12)9-16-13(14(17)18)7-8-15-16/h7-15,20-21,28,34-35,39-40H,16-19,22-27H2,1-6H3,(H,43,48);6-9,22-23,26-27H,10-17,28H2,1-5H3;2-8,11H,9-10H2,1H3,(H,17,18)/t28?,40-;27-;/m11./s1. The van der Waals surface area contributed by atoms with Gasteiger partial charge >= 0.3 is 5.97 Å². The zero-order valence-electron chi connectivity index (χ0n) is 63.0. The number of nitrogens with two attached hydrogens (primary N) is 1. The fourth-order valence-electron chi connectivity index (χ4n) is 13.9. The van der Waals surface area contributed by atoms with Gasteiger partial charge in [-0.25, -0.2) is 14.2 Å². The zero-order valence-corrected chi connectivity index (χ0v) is 65.0. The smallest absolute Gasteiger partial charge is 0.354 e. The van der Waals surface area contributed by atoms with Crippen molar-refractivity contribution in [2.75, 3.05) is 13.2 Å². The molecule has 0 aliphatic heterocycles. The Labute approximate surface area is 612 Å². The summed E-state index contributed by atoms with van der Waals surface area (Å²) in [5.74, 6) is 2.00. The lowest BCUT2D eigenvalue weighted by atomic mass is 9.85. The van der Waals surface area contributed by atoms with E-state index in [4.69, 9.17) is 40.0 Å². The maximum atomic E-state index is 14.2. The number of hydrogen-bond acceptors (Lipinski definition) is 13. The van der Waals surface area contributed by atoms with Gasteiger partial charge in [0.25, 0.3) is 5.91 Å². The summed E-state index contributed by atoms with van der Waals surface area (Å²) in [6, 6.07) is 41.2. The minimum atomic E-state index is -1.15. The van der Waals surface area contributed by atoms with Gasteiger partial charge in [-0.3, -0.25) is 23.7 Å². The highest BCUT2D eigenvalue weighted by atomic mass is 28.3. The third-order valence-corrected chi connectivity index (χ3v) is 23.8. The van der Waals surface area contributed by atoms with Crippen LogP contribution in [0.25, 0.3) is 22.3 Å². The van der Waals surface area contributed by atoms with Crippen molar-refractivity contribution < 1.29 is 43.2 Å². The summed E-state index contributed by atoms with van der Waals surface area (Å²) in [6.07, 6.45) is 13.1. The van der Waals surface area contributed by atoms with Crippen LogP contribution in [0.2, 0.25) is 51.4 Å². The molecule has 552 valence electrons. The quantitative estimate of drug-likeness (QED) is 0.0243. The minimum Gasteiger partial charge on any atom is -0.477 e. The monoisotopic (exact) mass is 1440 g/mol. The van der Waals surface area contributed by atoms with Gasteiger partial charge < -0.3 is 35.1 Å². The van der Waals surface area contributed by atoms with E-state index in [-0.39, 0.29) is 53.8 Å². The van der Waals surface area contributed by atoms with Gasteiger partial charge in [-0.15, -0.1) is 0 Å². The van der Waals surface area contributed by atoms with E-state index in [1.54, 1.807) is 16.9 Å². The van der Waals surface area contributed by atoms with Gasteiger partial charge in [-0.05, 0) is 186 Å². The van der Waals surface area contributed by atoms with Crippen molar-refractivity contribution in [2.24, 2.45) is 41.2 Å². The van der Waals surface area contributed by atoms with Crippen molar-refractivity contribution in [3.8, 4) is 22.3 Å². The number of aromatic nitrogens is 8. The Bertz CT molecular complexity index is 4020. The molecule has 0 bridgehead atoms. The fourth-order valence-corrected chi connectivity index (χ4v) is 15.5. The first-order valence-electron chi connectivity index (χ1n) is 37.4. The molecule has 0 radical (unpaired) electrons. The van der Waals surface area contributed by atoms with Gasteiger partial charge in [0.2, 0.25) is 0 Å². The first-order valence-corrected chi connectivity index (χ1v) is 44.8. The molecule has 103 heavy (non-hydrogen) atoms. The molecule has 4 aromatic carbocycles. The number of hydrogen-bond donors (Lipinski definition) is 3. The number of nitrogens with one attached hydrogen (secondary N) is 1. The van der Waals surface area contributed by atoms with E-state index in [1.165, 1.54) is 42.6 Å². The Kier molecular flexibility index (Phi) is 27.1. The molecular formula is C82H112N10O9Si2. The van der Waals surface area contributed by atoms with E-state index < -0.39 is 28.2 Å². The number of ketones is 2. The van der Waals surface area contributed by atoms with Gasteiger partial charge in [0.15, 0.2) is 11.6 Å². The molecule has 4 aliphatic carbocycles. The van der Waals surface area contributed by atoms with E-state index in [0.717, 1.165) is 118 Å². The molecule has 0 saturated heterocycles. The largest absolute Gasteiger partial charge is 0.477 e. The molecule has 0 spiro atoms. The molecule has 12 rings (SSSR count). The van der Waals surface area contributed by atoms with Crippen molar-refractivity contribution in [2.45, 2.75) is 221 Å². The van der Waals surface area contributed by atoms with Gasteiger partial charge in [0.05, 0.1) is 62.0 Å². The highest BCUT2D eigenvalue weighted by Gasteiger charge is 2.49. The number of carboxylic acid groups (broad SMARTS) is 1. The molecule has 1 amide bonds. The van der Waals surface area contributed by atoms with E-state index in [2.05, 4.69) is 105 Å². The Morgan fingerprint density at radius 3 is 1.30 bits per heavy atom. The average Bonchev–Trinajstić information content (AvgIpc) is 1.65. The molecule has 4 aliphatic rings. The lowest BCUT2D eigenvalue weighted by Crippen LogP contribution is -2.48. The van der Waals surface area contributed by atoms with Crippen LogP contribution in [0, 0.1) is 63.2 Å². The van der Waals surface area contributed by atoms with E-state index in [0.29, 0.717) is 81.5 Å². The van der Waals surface area contributed by atoms with Gasteiger partial charge in [-0.2, -0.15) is 20.4 Å². The molecule has 4 atom stereocenters. The minimum absolute atomic E-state index is 0.0705. The molecule has 4 saturated carbocycles. The summed E-state index contributed by atoms with van der Waals surface area (Å²) >= 11 is 0. The number of Topliss-reactive ketones (excluding diaryl/α,β-unsaturated/α-hetero) is 2. The highest BCUT2D eigenvalue weighted by molar-refractivity contribution is 6.76. The van der Waals surface area contributed by atoms with Crippen LogP contribution in [-0.2, 0) is 81.1 Å². The normalized spacial score (nSPS) is 15.8. The Morgan fingerprint density at radius 1 is 0.515 bits per heavy atom. The molecule has 4 aromatic heterocycles. The predicted octanol–water partition coefficient (Wildman–Crippen LogP) is 15.2. The van der Waals surface area contributed by atoms with Crippen LogP contribution in [-0.4, -0.2) is 121 Å². The predicted molar refractivity (Wildman–Crippen MR) is 410 cm³/mol.